The van der Waals surface area contributed by atoms with Crippen LogP contribution in [0.3, 0.4) is 0 Å². The molecule has 0 aliphatic heterocycles. The maximum Gasteiger partial charge on any atom is 0.261 e. The normalized spacial score (nSPS) is 10.9. The monoisotopic (exact) mass is 455 g/mol. The van der Waals surface area contributed by atoms with Gasteiger partial charge in [-0.3, -0.25) is 9.69 Å². The first kappa shape index (κ1) is 23.0. The fourth-order valence-corrected chi connectivity index (χ4v) is 4.76. The molecule has 0 bridgehead atoms. The van der Waals surface area contributed by atoms with Crippen LogP contribution in [0.25, 0.3) is 10.2 Å². The summed E-state index contributed by atoms with van der Waals surface area (Å²) in [5, 5.41) is 1.29. The third-order valence-corrected chi connectivity index (χ3v) is 6.33. The molecule has 0 N–H and O–H groups in total. The molecule has 0 atom stereocenters. The fraction of sp³-hybridized carbons (Fsp3) is 0.300. The number of likely N-dealkylation sites (N-methyl/N-ethyl adjacent to an activating group) is 1. The van der Waals surface area contributed by atoms with Crippen molar-refractivity contribution in [3.05, 3.63) is 53.1 Å². The van der Waals surface area contributed by atoms with Gasteiger partial charge < -0.3 is 4.90 Å². The first-order valence-corrected chi connectivity index (χ1v) is 10.9. The SMILES string of the molecule is CCSc1ccccc1C(=O)N(CCN(C)C)c1nc2c(Cl)cccc2s1.Cl. The summed E-state index contributed by atoms with van der Waals surface area (Å²) < 4.78 is 0.983. The predicted molar refractivity (Wildman–Crippen MR) is 125 cm³/mol. The van der Waals surface area contributed by atoms with E-state index in [0.717, 1.165) is 27.4 Å². The van der Waals surface area contributed by atoms with E-state index in [4.69, 9.17) is 11.6 Å². The van der Waals surface area contributed by atoms with E-state index in [-0.39, 0.29) is 18.3 Å². The molecule has 28 heavy (non-hydrogen) atoms. The molecule has 4 nitrogen and oxygen atoms in total. The Morgan fingerprint density at radius 3 is 2.57 bits per heavy atom. The van der Waals surface area contributed by atoms with Crippen molar-refractivity contribution >= 4 is 68.4 Å². The highest BCUT2D eigenvalue weighted by molar-refractivity contribution is 7.99. The van der Waals surface area contributed by atoms with Crippen LogP contribution in [0.1, 0.15) is 17.3 Å². The number of thiazole rings is 1. The average Bonchev–Trinajstić information content (AvgIpc) is 3.07. The van der Waals surface area contributed by atoms with E-state index in [1.165, 1.54) is 11.3 Å². The van der Waals surface area contributed by atoms with Gasteiger partial charge in [0, 0.05) is 18.0 Å². The largest absolute Gasteiger partial charge is 0.308 e. The number of nitrogens with zero attached hydrogens (tertiary/aromatic N) is 3. The van der Waals surface area contributed by atoms with Gasteiger partial charge in [-0.25, -0.2) is 4.98 Å². The summed E-state index contributed by atoms with van der Waals surface area (Å²) in [7, 11) is 4.00. The van der Waals surface area contributed by atoms with Gasteiger partial charge in [0.2, 0.25) is 0 Å². The van der Waals surface area contributed by atoms with Crippen molar-refractivity contribution in [1.29, 1.82) is 0 Å². The van der Waals surface area contributed by atoms with Gasteiger partial charge >= 0.3 is 0 Å². The van der Waals surface area contributed by atoms with Crippen molar-refractivity contribution in [3.63, 3.8) is 0 Å². The van der Waals surface area contributed by atoms with Crippen LogP contribution in [-0.4, -0.2) is 48.7 Å². The van der Waals surface area contributed by atoms with Gasteiger partial charge in [0.05, 0.1) is 15.3 Å². The molecule has 0 aliphatic rings. The summed E-state index contributed by atoms with van der Waals surface area (Å²) in [5.41, 5.74) is 1.46. The van der Waals surface area contributed by atoms with Crippen LogP contribution in [0.5, 0.6) is 0 Å². The van der Waals surface area contributed by atoms with E-state index in [9.17, 15) is 4.79 Å². The average molecular weight is 456 g/mol. The highest BCUT2D eigenvalue weighted by atomic mass is 35.5. The minimum absolute atomic E-state index is 0. The molecule has 1 amide bonds. The summed E-state index contributed by atoms with van der Waals surface area (Å²) >= 11 is 9.47. The Morgan fingerprint density at radius 1 is 1.14 bits per heavy atom. The molecule has 1 heterocycles. The summed E-state index contributed by atoms with van der Waals surface area (Å²) in [6, 6.07) is 13.5. The lowest BCUT2D eigenvalue weighted by Crippen LogP contribution is -2.37. The molecule has 150 valence electrons. The number of hydrogen-bond acceptors (Lipinski definition) is 5. The minimum atomic E-state index is -0.0245. The molecule has 0 aliphatic carbocycles. The Morgan fingerprint density at radius 2 is 1.89 bits per heavy atom. The van der Waals surface area contributed by atoms with E-state index >= 15 is 0 Å². The molecule has 0 spiro atoms. The molecule has 0 unspecified atom stereocenters. The third-order valence-electron chi connectivity index (χ3n) is 4.02. The predicted octanol–water partition coefficient (Wildman–Crippen LogP) is 5.69. The van der Waals surface area contributed by atoms with Gasteiger partial charge in [0.15, 0.2) is 5.13 Å². The van der Waals surface area contributed by atoms with E-state index < -0.39 is 0 Å². The molecular weight excluding hydrogens is 433 g/mol. The first-order valence-electron chi connectivity index (χ1n) is 8.74. The van der Waals surface area contributed by atoms with Crippen molar-refractivity contribution < 1.29 is 4.79 Å². The van der Waals surface area contributed by atoms with Gasteiger partial charge in [-0.2, -0.15) is 0 Å². The number of rotatable bonds is 7. The second-order valence-electron chi connectivity index (χ2n) is 6.27. The molecule has 0 fully saturated rings. The Kier molecular flexibility index (Phi) is 8.58. The van der Waals surface area contributed by atoms with Crippen LogP contribution in [0, 0.1) is 0 Å². The number of carbonyl (C=O) groups is 1. The number of carbonyl (C=O) groups excluding carboxylic acids is 1. The highest BCUT2D eigenvalue weighted by Gasteiger charge is 2.23. The zero-order valence-electron chi connectivity index (χ0n) is 16.0. The summed E-state index contributed by atoms with van der Waals surface area (Å²) in [6.45, 7) is 3.40. The Bertz CT molecular complexity index is 946. The number of para-hydroxylation sites is 1. The summed E-state index contributed by atoms with van der Waals surface area (Å²) in [5.74, 6) is 0.891. The van der Waals surface area contributed by atoms with E-state index in [0.29, 0.717) is 22.3 Å². The van der Waals surface area contributed by atoms with Crippen molar-refractivity contribution in [2.45, 2.75) is 11.8 Å². The second-order valence-corrected chi connectivity index (χ2v) is 8.99. The van der Waals surface area contributed by atoms with Crippen LogP contribution in [-0.2, 0) is 0 Å². The maximum absolute atomic E-state index is 13.4. The van der Waals surface area contributed by atoms with Gasteiger partial charge in [-0.15, -0.1) is 24.2 Å². The molecule has 8 heteroatoms. The van der Waals surface area contributed by atoms with Crippen LogP contribution >= 0.6 is 47.1 Å². The zero-order chi connectivity index (χ0) is 19.4. The molecule has 2 aromatic carbocycles. The minimum Gasteiger partial charge on any atom is -0.308 e. The van der Waals surface area contributed by atoms with Gasteiger partial charge in [-0.1, -0.05) is 48.1 Å². The lowest BCUT2D eigenvalue weighted by Gasteiger charge is -2.23. The zero-order valence-corrected chi connectivity index (χ0v) is 19.2. The van der Waals surface area contributed by atoms with Gasteiger partial charge in [0.25, 0.3) is 5.91 Å². The van der Waals surface area contributed by atoms with Crippen molar-refractivity contribution in [1.82, 2.24) is 9.88 Å². The number of benzene rings is 2. The van der Waals surface area contributed by atoms with E-state index in [1.54, 1.807) is 16.7 Å². The van der Waals surface area contributed by atoms with Crippen molar-refractivity contribution in [2.24, 2.45) is 0 Å². The van der Waals surface area contributed by atoms with Gasteiger partial charge in [-0.05, 0) is 44.1 Å². The number of aromatic nitrogens is 1. The molecule has 0 radical (unpaired) electrons. The Labute approximate surface area is 185 Å². The lowest BCUT2D eigenvalue weighted by atomic mass is 10.2. The quantitative estimate of drug-likeness (QED) is 0.428. The number of amides is 1. The Hall–Kier alpha value is -1.31. The molecular formula is C20H23Cl2N3OS2. The third kappa shape index (κ3) is 5.19. The number of halogens is 2. The number of thioether (sulfide) groups is 1. The standard InChI is InChI=1S/C20H22ClN3OS2.ClH/c1-4-26-16-10-6-5-8-14(16)19(25)24(13-12-23(2)3)20-22-18-15(21)9-7-11-17(18)27-20;/h5-11H,4,12-13H2,1-3H3;1H. The highest BCUT2D eigenvalue weighted by Crippen LogP contribution is 2.34. The lowest BCUT2D eigenvalue weighted by molar-refractivity contribution is 0.0982. The van der Waals surface area contributed by atoms with Gasteiger partial charge in [0.1, 0.15) is 5.52 Å². The van der Waals surface area contributed by atoms with E-state index in [1.807, 2.05) is 56.6 Å². The Balaban J connectivity index is 0.00000280. The van der Waals surface area contributed by atoms with Crippen LogP contribution in [0.15, 0.2) is 47.4 Å². The van der Waals surface area contributed by atoms with Crippen molar-refractivity contribution in [3.8, 4) is 0 Å². The van der Waals surface area contributed by atoms with Crippen LogP contribution in [0.4, 0.5) is 5.13 Å². The summed E-state index contributed by atoms with van der Waals surface area (Å²) in [4.78, 5) is 23.0. The smallest absolute Gasteiger partial charge is 0.261 e. The van der Waals surface area contributed by atoms with Crippen molar-refractivity contribution in [2.75, 3.05) is 37.8 Å². The number of hydrogen-bond donors (Lipinski definition) is 0. The molecule has 0 saturated carbocycles. The molecule has 1 aromatic heterocycles. The van der Waals surface area contributed by atoms with Crippen LogP contribution in [0.2, 0.25) is 5.02 Å². The topological polar surface area (TPSA) is 36.4 Å². The molecule has 3 aromatic rings. The number of fused-ring (bicyclic) bond motifs is 1. The van der Waals surface area contributed by atoms with Crippen LogP contribution < -0.4 is 4.90 Å². The second kappa shape index (κ2) is 10.5. The first-order chi connectivity index (χ1) is 13.0. The number of anilines is 1. The summed E-state index contributed by atoms with van der Waals surface area (Å²) in [6.07, 6.45) is 0. The fourth-order valence-electron chi connectivity index (χ4n) is 2.67. The maximum atomic E-state index is 13.4. The molecule has 0 saturated heterocycles. The van der Waals surface area contributed by atoms with E-state index in [2.05, 4.69) is 16.8 Å². The molecule has 3 rings (SSSR count).